The van der Waals surface area contributed by atoms with Crippen molar-refractivity contribution in [1.29, 1.82) is 0 Å². The molecule has 0 radical (unpaired) electrons. The van der Waals surface area contributed by atoms with E-state index in [9.17, 15) is 9.59 Å². The molecule has 1 heterocycles. The van der Waals surface area contributed by atoms with Crippen LogP contribution in [0.2, 0.25) is 0 Å². The van der Waals surface area contributed by atoms with Crippen molar-refractivity contribution in [1.82, 2.24) is 15.2 Å². The number of aromatic nitrogens is 1. The third kappa shape index (κ3) is 3.46. The van der Waals surface area contributed by atoms with Crippen LogP contribution in [0.3, 0.4) is 0 Å². The maximum Gasteiger partial charge on any atom is 0.317 e. The van der Waals surface area contributed by atoms with Crippen LogP contribution >= 0.6 is 0 Å². The first kappa shape index (κ1) is 14.3. The molecule has 20 heavy (non-hydrogen) atoms. The molecule has 1 fully saturated rings. The fourth-order valence-corrected chi connectivity index (χ4v) is 2.53. The molecular formula is C14H19N3O3. The van der Waals surface area contributed by atoms with Crippen molar-refractivity contribution in [2.75, 3.05) is 7.05 Å². The maximum atomic E-state index is 12.1. The summed E-state index contributed by atoms with van der Waals surface area (Å²) in [5, 5.41) is 11.9. The van der Waals surface area contributed by atoms with Crippen molar-refractivity contribution >= 4 is 12.0 Å². The fraction of sp³-hybridized carbons (Fsp3) is 0.500. The van der Waals surface area contributed by atoms with Gasteiger partial charge in [0, 0.05) is 32.0 Å². The number of hydrogen-bond acceptors (Lipinski definition) is 3. The molecule has 0 aromatic carbocycles. The number of rotatable bonds is 4. The minimum atomic E-state index is -0.831. The molecule has 2 rings (SSSR count). The number of nitrogens with zero attached hydrogens (tertiary/aromatic N) is 2. The topological polar surface area (TPSA) is 82.5 Å². The molecule has 6 nitrogen and oxygen atoms in total. The zero-order valence-electron chi connectivity index (χ0n) is 11.5. The molecule has 2 atom stereocenters. The predicted molar refractivity (Wildman–Crippen MR) is 73.0 cm³/mol. The smallest absolute Gasteiger partial charge is 0.317 e. The number of hydrogen-bond donors (Lipinski definition) is 2. The second-order valence-electron chi connectivity index (χ2n) is 5.15. The van der Waals surface area contributed by atoms with Gasteiger partial charge in [0.25, 0.3) is 0 Å². The van der Waals surface area contributed by atoms with Gasteiger partial charge in [0.2, 0.25) is 0 Å². The van der Waals surface area contributed by atoms with Gasteiger partial charge in [-0.25, -0.2) is 4.79 Å². The van der Waals surface area contributed by atoms with Crippen LogP contribution in [0.25, 0.3) is 0 Å². The summed E-state index contributed by atoms with van der Waals surface area (Å²) in [6.45, 7) is 0.449. The Morgan fingerprint density at radius 1 is 1.50 bits per heavy atom. The lowest BCUT2D eigenvalue weighted by Gasteiger charge is -2.23. The van der Waals surface area contributed by atoms with Crippen molar-refractivity contribution in [3.05, 3.63) is 30.1 Å². The minimum Gasteiger partial charge on any atom is -0.481 e. The van der Waals surface area contributed by atoms with Gasteiger partial charge in [-0.1, -0.05) is 12.5 Å². The number of carboxylic acid groups (broad SMARTS) is 1. The summed E-state index contributed by atoms with van der Waals surface area (Å²) in [6, 6.07) is 3.20. The Morgan fingerprint density at radius 3 is 2.95 bits per heavy atom. The Balaban J connectivity index is 1.89. The van der Waals surface area contributed by atoms with Gasteiger partial charge in [0.05, 0.1) is 5.92 Å². The molecule has 0 saturated heterocycles. The molecule has 0 bridgehead atoms. The van der Waals surface area contributed by atoms with Crippen molar-refractivity contribution in [2.45, 2.75) is 31.8 Å². The standard InChI is InChI=1S/C14H19N3O3/c1-17(9-10-4-3-7-15-8-10)14(20)16-12-6-2-5-11(12)13(18)19/h3-4,7-8,11-12H,2,5-6,9H2,1H3,(H,16,20)(H,18,19). The highest BCUT2D eigenvalue weighted by Crippen LogP contribution is 2.25. The number of aliphatic carboxylic acids is 1. The highest BCUT2D eigenvalue weighted by Gasteiger charge is 2.34. The number of nitrogens with one attached hydrogen (secondary N) is 1. The molecule has 0 spiro atoms. The van der Waals surface area contributed by atoms with Crippen LogP contribution in [-0.4, -0.2) is 40.1 Å². The quantitative estimate of drug-likeness (QED) is 0.873. The number of carboxylic acids is 1. The van der Waals surface area contributed by atoms with Crippen LogP contribution in [0, 0.1) is 5.92 Å². The van der Waals surface area contributed by atoms with Crippen LogP contribution in [0.15, 0.2) is 24.5 Å². The zero-order valence-corrected chi connectivity index (χ0v) is 11.5. The van der Waals surface area contributed by atoms with E-state index in [1.165, 1.54) is 4.90 Å². The lowest BCUT2D eigenvalue weighted by molar-refractivity contribution is -0.142. The van der Waals surface area contributed by atoms with Crippen molar-refractivity contribution < 1.29 is 14.7 Å². The van der Waals surface area contributed by atoms with Gasteiger partial charge < -0.3 is 15.3 Å². The second kappa shape index (κ2) is 6.36. The Hall–Kier alpha value is -2.11. The Bertz CT molecular complexity index is 478. The fourth-order valence-electron chi connectivity index (χ4n) is 2.53. The SMILES string of the molecule is CN(Cc1cccnc1)C(=O)NC1CCCC1C(=O)O. The molecule has 0 aliphatic heterocycles. The lowest BCUT2D eigenvalue weighted by atomic mass is 10.0. The molecule has 6 heteroatoms. The van der Waals surface area contributed by atoms with E-state index in [0.717, 1.165) is 18.4 Å². The lowest BCUT2D eigenvalue weighted by Crippen LogP contribution is -2.45. The minimum absolute atomic E-state index is 0.244. The van der Waals surface area contributed by atoms with Gasteiger partial charge >= 0.3 is 12.0 Å². The zero-order chi connectivity index (χ0) is 14.5. The highest BCUT2D eigenvalue weighted by atomic mass is 16.4. The Morgan fingerprint density at radius 2 is 2.30 bits per heavy atom. The molecule has 2 amide bonds. The van der Waals surface area contributed by atoms with Gasteiger partial charge in [-0.2, -0.15) is 0 Å². The molecule has 2 N–H and O–H groups in total. The molecule has 1 aliphatic rings. The third-order valence-electron chi connectivity index (χ3n) is 3.63. The van der Waals surface area contributed by atoms with Crippen molar-refractivity contribution in [2.24, 2.45) is 5.92 Å². The molecule has 1 aromatic rings. The summed E-state index contributed by atoms with van der Waals surface area (Å²) in [7, 11) is 1.69. The first-order chi connectivity index (χ1) is 9.58. The summed E-state index contributed by atoms with van der Waals surface area (Å²) >= 11 is 0. The molecular weight excluding hydrogens is 258 g/mol. The van der Waals surface area contributed by atoms with Gasteiger partial charge in [0.15, 0.2) is 0 Å². The van der Waals surface area contributed by atoms with Crippen LogP contribution < -0.4 is 5.32 Å². The van der Waals surface area contributed by atoms with Crippen LogP contribution in [-0.2, 0) is 11.3 Å². The molecule has 1 aliphatic carbocycles. The average molecular weight is 277 g/mol. The molecule has 108 valence electrons. The number of carbonyl (C=O) groups excluding carboxylic acids is 1. The van der Waals surface area contributed by atoms with E-state index in [4.69, 9.17) is 5.11 Å². The monoisotopic (exact) mass is 277 g/mol. The van der Waals surface area contributed by atoms with Gasteiger partial charge in [-0.15, -0.1) is 0 Å². The van der Waals surface area contributed by atoms with E-state index in [-0.39, 0.29) is 12.1 Å². The van der Waals surface area contributed by atoms with E-state index in [0.29, 0.717) is 13.0 Å². The van der Waals surface area contributed by atoms with Crippen molar-refractivity contribution in [3.63, 3.8) is 0 Å². The van der Waals surface area contributed by atoms with Gasteiger partial charge in [-0.3, -0.25) is 9.78 Å². The molecule has 2 unspecified atom stereocenters. The summed E-state index contributed by atoms with van der Waals surface area (Å²) in [6.07, 6.45) is 5.59. The number of urea groups is 1. The molecule has 1 aromatic heterocycles. The normalized spacial score (nSPS) is 21.4. The summed E-state index contributed by atoms with van der Waals surface area (Å²) in [5.41, 5.74) is 0.936. The van der Waals surface area contributed by atoms with Crippen LogP contribution in [0.5, 0.6) is 0 Å². The predicted octanol–water partition coefficient (Wildman–Crippen LogP) is 1.48. The number of pyridine rings is 1. The highest BCUT2D eigenvalue weighted by molar-refractivity contribution is 5.77. The van der Waals surface area contributed by atoms with E-state index in [1.807, 2.05) is 12.1 Å². The molecule has 1 saturated carbocycles. The van der Waals surface area contributed by atoms with Gasteiger partial charge in [-0.05, 0) is 24.5 Å². The average Bonchev–Trinajstić information content (AvgIpc) is 2.88. The van der Waals surface area contributed by atoms with Crippen molar-refractivity contribution in [3.8, 4) is 0 Å². The Kier molecular flexibility index (Phi) is 4.55. The summed E-state index contributed by atoms with van der Waals surface area (Å²) in [5.74, 6) is -1.30. The van der Waals surface area contributed by atoms with E-state index in [1.54, 1.807) is 19.4 Å². The van der Waals surface area contributed by atoms with Crippen LogP contribution in [0.1, 0.15) is 24.8 Å². The van der Waals surface area contributed by atoms with Crippen LogP contribution in [0.4, 0.5) is 4.79 Å². The maximum absolute atomic E-state index is 12.1. The Labute approximate surface area is 117 Å². The number of carbonyl (C=O) groups is 2. The number of amides is 2. The van der Waals surface area contributed by atoms with E-state index >= 15 is 0 Å². The summed E-state index contributed by atoms with van der Waals surface area (Å²) < 4.78 is 0. The largest absolute Gasteiger partial charge is 0.481 e. The first-order valence-corrected chi connectivity index (χ1v) is 6.71. The first-order valence-electron chi connectivity index (χ1n) is 6.71. The summed E-state index contributed by atoms with van der Waals surface area (Å²) in [4.78, 5) is 28.7. The second-order valence-corrected chi connectivity index (χ2v) is 5.15. The van der Waals surface area contributed by atoms with Gasteiger partial charge in [0.1, 0.15) is 0 Å². The van der Waals surface area contributed by atoms with E-state index in [2.05, 4.69) is 10.3 Å². The van der Waals surface area contributed by atoms with E-state index < -0.39 is 11.9 Å². The third-order valence-corrected chi connectivity index (χ3v) is 3.63.